The van der Waals surface area contributed by atoms with E-state index < -0.39 is 0 Å². The van der Waals surface area contributed by atoms with Crippen molar-refractivity contribution in [2.75, 3.05) is 43.6 Å². The largest absolute Gasteiger partial charge is 0.489 e. The number of nitrogens with one attached hydrogen (secondary N) is 2. The number of ether oxygens (including phenoxy) is 4. The van der Waals surface area contributed by atoms with Crippen LogP contribution < -0.4 is 20.1 Å². The Bertz CT molecular complexity index is 847. The molecule has 31 heavy (non-hydrogen) atoms. The Balaban J connectivity index is 1.28. The van der Waals surface area contributed by atoms with E-state index in [4.69, 9.17) is 18.9 Å². The molecular formula is C24H30N2O5. The molecule has 2 atom stereocenters. The first-order chi connectivity index (χ1) is 15.3. The van der Waals surface area contributed by atoms with Crippen LogP contribution in [-0.2, 0) is 14.3 Å². The molecule has 166 valence electrons. The molecular weight excluding hydrogens is 396 g/mol. The van der Waals surface area contributed by atoms with Gasteiger partial charge in [-0.1, -0.05) is 24.3 Å². The van der Waals surface area contributed by atoms with E-state index in [0.29, 0.717) is 30.4 Å². The van der Waals surface area contributed by atoms with Crippen molar-refractivity contribution in [2.24, 2.45) is 0 Å². The molecule has 2 heterocycles. The summed E-state index contributed by atoms with van der Waals surface area (Å²) in [6.45, 7) is 2.70. The second-order valence-electron chi connectivity index (χ2n) is 7.79. The maximum absolute atomic E-state index is 12.6. The van der Waals surface area contributed by atoms with Gasteiger partial charge in [-0.15, -0.1) is 0 Å². The van der Waals surface area contributed by atoms with Crippen molar-refractivity contribution in [3.63, 3.8) is 0 Å². The van der Waals surface area contributed by atoms with Crippen LogP contribution in [0.2, 0.25) is 0 Å². The first-order valence-corrected chi connectivity index (χ1v) is 11.0. The maximum Gasteiger partial charge on any atom is 0.243 e. The topological polar surface area (TPSA) is 78.1 Å². The van der Waals surface area contributed by atoms with Crippen molar-refractivity contribution in [1.29, 1.82) is 0 Å². The number of rotatable bonds is 10. The number of hydrogen-bond acceptors (Lipinski definition) is 6. The van der Waals surface area contributed by atoms with Gasteiger partial charge in [-0.25, -0.2) is 0 Å². The molecule has 2 aromatic rings. The average Bonchev–Trinajstić information content (AvgIpc) is 3.50. The number of carbonyl (C=O) groups excluding carboxylic acids is 1. The van der Waals surface area contributed by atoms with E-state index in [0.717, 1.165) is 44.6 Å². The molecule has 2 N–H and O–H groups in total. The highest BCUT2D eigenvalue weighted by molar-refractivity contribution is 5.95. The second-order valence-corrected chi connectivity index (χ2v) is 7.79. The molecule has 7 heteroatoms. The summed E-state index contributed by atoms with van der Waals surface area (Å²) in [4.78, 5) is 12.6. The number of anilines is 2. The molecule has 0 saturated carbocycles. The van der Waals surface area contributed by atoms with Crippen LogP contribution in [0.25, 0.3) is 0 Å². The van der Waals surface area contributed by atoms with E-state index in [2.05, 4.69) is 10.6 Å². The van der Waals surface area contributed by atoms with Crippen molar-refractivity contribution >= 4 is 17.3 Å². The predicted molar refractivity (Wildman–Crippen MR) is 119 cm³/mol. The highest BCUT2D eigenvalue weighted by Crippen LogP contribution is 2.27. The van der Waals surface area contributed by atoms with Crippen LogP contribution >= 0.6 is 0 Å². The van der Waals surface area contributed by atoms with E-state index >= 15 is 0 Å². The Morgan fingerprint density at radius 1 is 0.839 bits per heavy atom. The van der Waals surface area contributed by atoms with Crippen LogP contribution in [0, 0.1) is 0 Å². The van der Waals surface area contributed by atoms with Crippen LogP contribution in [0.4, 0.5) is 11.4 Å². The zero-order chi connectivity index (χ0) is 21.3. The van der Waals surface area contributed by atoms with E-state index in [1.807, 2.05) is 48.5 Å². The van der Waals surface area contributed by atoms with Gasteiger partial charge in [-0.3, -0.25) is 4.79 Å². The van der Waals surface area contributed by atoms with Crippen LogP contribution in [0.1, 0.15) is 25.7 Å². The quantitative estimate of drug-likeness (QED) is 0.601. The fourth-order valence-corrected chi connectivity index (χ4v) is 3.72. The molecule has 2 aliphatic heterocycles. The van der Waals surface area contributed by atoms with E-state index in [1.165, 1.54) is 0 Å². The monoisotopic (exact) mass is 426 g/mol. The van der Waals surface area contributed by atoms with Gasteiger partial charge in [0.2, 0.25) is 5.91 Å². The van der Waals surface area contributed by atoms with Crippen LogP contribution in [0.5, 0.6) is 11.5 Å². The van der Waals surface area contributed by atoms with E-state index in [9.17, 15) is 4.79 Å². The molecule has 0 radical (unpaired) electrons. The smallest absolute Gasteiger partial charge is 0.243 e. The molecule has 2 unspecified atom stereocenters. The van der Waals surface area contributed by atoms with E-state index in [1.54, 1.807) is 0 Å². The number of benzene rings is 2. The summed E-state index contributed by atoms with van der Waals surface area (Å²) >= 11 is 0. The van der Waals surface area contributed by atoms with Gasteiger partial charge in [-0.05, 0) is 49.9 Å². The summed E-state index contributed by atoms with van der Waals surface area (Å²) in [6, 6.07) is 15.1. The van der Waals surface area contributed by atoms with Crippen molar-refractivity contribution in [3.8, 4) is 11.5 Å². The number of para-hydroxylation sites is 4. The minimum absolute atomic E-state index is 0.111. The Hall–Kier alpha value is -2.77. The molecule has 2 aliphatic rings. The second kappa shape index (κ2) is 11.0. The number of carbonyl (C=O) groups is 1. The third-order valence-corrected chi connectivity index (χ3v) is 5.39. The van der Waals surface area contributed by atoms with Gasteiger partial charge in [0.15, 0.2) is 0 Å². The lowest BCUT2D eigenvalue weighted by Gasteiger charge is -2.17. The van der Waals surface area contributed by atoms with Crippen LogP contribution in [0.3, 0.4) is 0 Å². The lowest BCUT2D eigenvalue weighted by atomic mass is 10.2. The fourth-order valence-electron chi connectivity index (χ4n) is 3.72. The molecule has 2 saturated heterocycles. The van der Waals surface area contributed by atoms with E-state index in [-0.39, 0.29) is 24.7 Å². The molecule has 0 spiro atoms. The summed E-state index contributed by atoms with van der Waals surface area (Å²) in [5.41, 5.74) is 1.42. The summed E-state index contributed by atoms with van der Waals surface area (Å²) in [5.74, 6) is 1.19. The number of amides is 1. The van der Waals surface area contributed by atoms with Gasteiger partial charge >= 0.3 is 0 Å². The fraction of sp³-hybridized carbons (Fsp3) is 0.458. The van der Waals surface area contributed by atoms with Gasteiger partial charge in [0, 0.05) is 13.2 Å². The maximum atomic E-state index is 12.6. The van der Waals surface area contributed by atoms with Gasteiger partial charge in [0.1, 0.15) is 24.7 Å². The first kappa shape index (κ1) is 21.5. The van der Waals surface area contributed by atoms with Crippen molar-refractivity contribution in [3.05, 3.63) is 48.5 Å². The lowest BCUT2D eigenvalue weighted by molar-refractivity contribution is -0.114. The highest BCUT2D eigenvalue weighted by Gasteiger charge is 2.18. The average molecular weight is 427 g/mol. The molecule has 2 aromatic carbocycles. The highest BCUT2D eigenvalue weighted by atomic mass is 16.5. The molecule has 0 aromatic heterocycles. The van der Waals surface area contributed by atoms with Crippen molar-refractivity contribution < 1.29 is 23.7 Å². The van der Waals surface area contributed by atoms with Crippen molar-refractivity contribution in [1.82, 2.24) is 0 Å². The van der Waals surface area contributed by atoms with Gasteiger partial charge < -0.3 is 29.6 Å². The molecule has 7 nitrogen and oxygen atoms in total. The third-order valence-electron chi connectivity index (χ3n) is 5.39. The van der Waals surface area contributed by atoms with Crippen LogP contribution in [0.15, 0.2) is 48.5 Å². The standard InChI is InChI=1S/C24H30N2O5/c27-24(26-21-10-2-4-12-23(21)31-17-19-8-6-14-29-19)15-25-20-9-1-3-11-22(20)30-16-18-7-5-13-28-18/h1-4,9-12,18-19,25H,5-8,13-17H2,(H,26,27). The molecule has 1 amide bonds. The van der Waals surface area contributed by atoms with Gasteiger partial charge in [0.05, 0.1) is 30.1 Å². The summed E-state index contributed by atoms with van der Waals surface area (Å²) in [7, 11) is 0. The SMILES string of the molecule is O=C(CNc1ccccc1OCC1CCCO1)Nc1ccccc1OCC1CCCO1. The Kier molecular flexibility index (Phi) is 7.63. The predicted octanol–water partition coefficient (Wildman–Crippen LogP) is 3.85. The minimum atomic E-state index is -0.165. The molecule has 2 fully saturated rings. The molecule has 0 bridgehead atoms. The Morgan fingerprint density at radius 2 is 1.39 bits per heavy atom. The van der Waals surface area contributed by atoms with Gasteiger partial charge in [-0.2, -0.15) is 0 Å². The lowest BCUT2D eigenvalue weighted by Crippen LogP contribution is -2.23. The third kappa shape index (κ3) is 6.35. The zero-order valence-corrected chi connectivity index (χ0v) is 17.7. The molecule has 0 aliphatic carbocycles. The summed E-state index contributed by atoms with van der Waals surface area (Å²) in [6.07, 6.45) is 4.43. The zero-order valence-electron chi connectivity index (χ0n) is 17.7. The minimum Gasteiger partial charge on any atom is -0.489 e. The van der Waals surface area contributed by atoms with Crippen LogP contribution in [-0.4, -0.2) is 51.1 Å². The molecule has 4 rings (SSSR count). The summed E-state index contributed by atoms with van der Waals surface area (Å²) < 4.78 is 23.0. The Labute approximate surface area is 183 Å². The first-order valence-electron chi connectivity index (χ1n) is 11.0. The summed E-state index contributed by atoms with van der Waals surface area (Å²) in [5, 5.41) is 6.09. The Morgan fingerprint density at radius 3 is 1.97 bits per heavy atom. The van der Waals surface area contributed by atoms with Crippen molar-refractivity contribution in [2.45, 2.75) is 37.9 Å². The van der Waals surface area contributed by atoms with Gasteiger partial charge in [0.25, 0.3) is 0 Å². The number of hydrogen-bond donors (Lipinski definition) is 2. The normalized spacial score (nSPS) is 20.4.